The van der Waals surface area contributed by atoms with Crippen molar-refractivity contribution >= 4 is 5.97 Å². The summed E-state index contributed by atoms with van der Waals surface area (Å²) >= 11 is 0. The molecule has 2 rings (SSSR count). The quantitative estimate of drug-likeness (QED) is 0.394. The third-order valence-electron chi connectivity index (χ3n) is 3.39. The highest BCUT2D eigenvalue weighted by molar-refractivity contribution is 5.81. The zero-order valence-corrected chi connectivity index (χ0v) is 9.13. The molecule has 15 heavy (non-hydrogen) atoms. The van der Waals surface area contributed by atoms with Crippen molar-refractivity contribution in [2.24, 2.45) is 0 Å². The van der Waals surface area contributed by atoms with E-state index in [0.29, 0.717) is 0 Å². The van der Waals surface area contributed by atoms with Crippen LogP contribution in [-0.4, -0.2) is 12.1 Å². The standard InChI is InChI=1S/C13H18O2/c1-2-13(14)15-12-9-5-8-11(12)10-6-3-4-7-10/h2,12H,1,3-9H2. The molecule has 0 spiro atoms. The van der Waals surface area contributed by atoms with Crippen LogP contribution >= 0.6 is 0 Å². The van der Waals surface area contributed by atoms with Crippen molar-refractivity contribution in [3.63, 3.8) is 0 Å². The topological polar surface area (TPSA) is 26.3 Å². The minimum Gasteiger partial charge on any atom is -0.455 e. The van der Waals surface area contributed by atoms with Gasteiger partial charge in [0, 0.05) is 6.08 Å². The van der Waals surface area contributed by atoms with Crippen LogP contribution in [0.1, 0.15) is 44.9 Å². The summed E-state index contributed by atoms with van der Waals surface area (Å²) in [7, 11) is 0. The molecule has 0 radical (unpaired) electrons. The monoisotopic (exact) mass is 206 g/mol. The molecule has 0 bridgehead atoms. The molecule has 2 aliphatic rings. The van der Waals surface area contributed by atoms with Crippen LogP contribution < -0.4 is 0 Å². The third-order valence-corrected chi connectivity index (χ3v) is 3.39. The molecular formula is C13H18O2. The van der Waals surface area contributed by atoms with Gasteiger partial charge in [0.25, 0.3) is 0 Å². The minimum absolute atomic E-state index is 0.0589. The van der Waals surface area contributed by atoms with E-state index in [1.54, 1.807) is 5.57 Å². The maximum Gasteiger partial charge on any atom is 0.330 e. The predicted octanol–water partition coefficient (Wildman–Crippen LogP) is 3.14. The van der Waals surface area contributed by atoms with Crippen LogP contribution in [0.2, 0.25) is 0 Å². The van der Waals surface area contributed by atoms with Gasteiger partial charge in [-0.1, -0.05) is 12.2 Å². The third kappa shape index (κ3) is 2.31. The Morgan fingerprint density at radius 3 is 2.67 bits per heavy atom. The number of rotatable bonds is 2. The Kier molecular flexibility index (Phi) is 3.24. The van der Waals surface area contributed by atoms with Crippen molar-refractivity contribution in [3.8, 4) is 0 Å². The van der Waals surface area contributed by atoms with Crippen molar-refractivity contribution in [3.05, 3.63) is 23.8 Å². The SMILES string of the molecule is C=CC(=O)OC1CCCC1=C1CCCC1. The van der Waals surface area contributed by atoms with Crippen LogP contribution in [0.4, 0.5) is 0 Å². The average molecular weight is 206 g/mol. The summed E-state index contributed by atoms with van der Waals surface area (Å²) in [5.41, 5.74) is 2.98. The number of hydrogen-bond acceptors (Lipinski definition) is 2. The highest BCUT2D eigenvalue weighted by Gasteiger charge is 2.27. The Bertz CT molecular complexity index is 294. The van der Waals surface area contributed by atoms with Crippen LogP contribution in [0.25, 0.3) is 0 Å². The first-order valence-corrected chi connectivity index (χ1v) is 5.85. The van der Waals surface area contributed by atoms with Gasteiger partial charge in [-0.3, -0.25) is 0 Å². The van der Waals surface area contributed by atoms with Crippen molar-refractivity contribution < 1.29 is 9.53 Å². The molecule has 2 aliphatic carbocycles. The number of ether oxygens (including phenoxy) is 1. The van der Waals surface area contributed by atoms with Gasteiger partial charge in [-0.15, -0.1) is 0 Å². The molecule has 2 saturated carbocycles. The first-order valence-electron chi connectivity index (χ1n) is 5.85. The molecule has 0 aromatic heterocycles. The summed E-state index contributed by atoms with van der Waals surface area (Å²) in [4.78, 5) is 11.2. The number of esters is 1. The fraction of sp³-hybridized carbons (Fsp3) is 0.615. The molecule has 0 aromatic rings. The molecule has 0 heterocycles. The van der Waals surface area contributed by atoms with E-state index in [1.165, 1.54) is 37.3 Å². The van der Waals surface area contributed by atoms with E-state index in [9.17, 15) is 4.79 Å². The van der Waals surface area contributed by atoms with Gasteiger partial charge in [0.2, 0.25) is 0 Å². The number of hydrogen-bond donors (Lipinski definition) is 0. The predicted molar refractivity (Wildman–Crippen MR) is 59.4 cm³/mol. The smallest absolute Gasteiger partial charge is 0.330 e. The van der Waals surface area contributed by atoms with E-state index in [-0.39, 0.29) is 12.1 Å². The summed E-state index contributed by atoms with van der Waals surface area (Å²) in [6, 6.07) is 0. The molecule has 1 atom stereocenters. The van der Waals surface area contributed by atoms with Crippen LogP contribution in [0.15, 0.2) is 23.8 Å². The molecule has 0 aromatic carbocycles. The largest absolute Gasteiger partial charge is 0.455 e. The molecule has 1 unspecified atom stereocenters. The minimum atomic E-state index is -0.280. The van der Waals surface area contributed by atoms with Crippen molar-refractivity contribution in [2.75, 3.05) is 0 Å². The Balaban J connectivity index is 2.07. The van der Waals surface area contributed by atoms with Gasteiger partial charge in [-0.25, -0.2) is 4.79 Å². The normalized spacial score (nSPS) is 25.7. The van der Waals surface area contributed by atoms with Crippen LogP contribution in [0.3, 0.4) is 0 Å². The van der Waals surface area contributed by atoms with Crippen molar-refractivity contribution in [2.45, 2.75) is 51.0 Å². The lowest BCUT2D eigenvalue weighted by molar-refractivity contribution is -0.141. The maximum absolute atomic E-state index is 11.2. The highest BCUT2D eigenvalue weighted by atomic mass is 16.5. The Labute approximate surface area is 91.0 Å². The van der Waals surface area contributed by atoms with E-state index in [0.717, 1.165) is 19.3 Å². The molecule has 2 nitrogen and oxygen atoms in total. The lowest BCUT2D eigenvalue weighted by Gasteiger charge is -2.14. The van der Waals surface area contributed by atoms with Crippen LogP contribution in [-0.2, 0) is 9.53 Å². The molecule has 0 amide bonds. The molecule has 2 heteroatoms. The molecule has 0 aliphatic heterocycles. The van der Waals surface area contributed by atoms with Gasteiger partial charge < -0.3 is 4.74 Å². The van der Waals surface area contributed by atoms with Crippen molar-refractivity contribution in [1.29, 1.82) is 0 Å². The van der Waals surface area contributed by atoms with E-state index in [2.05, 4.69) is 6.58 Å². The van der Waals surface area contributed by atoms with E-state index in [4.69, 9.17) is 4.74 Å². The second-order valence-corrected chi connectivity index (χ2v) is 4.36. The van der Waals surface area contributed by atoms with Crippen molar-refractivity contribution in [1.82, 2.24) is 0 Å². The summed E-state index contributed by atoms with van der Waals surface area (Å²) in [5, 5.41) is 0. The van der Waals surface area contributed by atoms with Gasteiger partial charge in [0.1, 0.15) is 6.10 Å². The average Bonchev–Trinajstić information content (AvgIpc) is 2.86. The second kappa shape index (κ2) is 4.65. The van der Waals surface area contributed by atoms with Gasteiger partial charge in [-0.2, -0.15) is 0 Å². The lowest BCUT2D eigenvalue weighted by Crippen LogP contribution is -2.15. The Morgan fingerprint density at radius 2 is 2.00 bits per heavy atom. The zero-order valence-electron chi connectivity index (χ0n) is 9.13. The van der Waals surface area contributed by atoms with E-state index >= 15 is 0 Å². The maximum atomic E-state index is 11.2. The first-order chi connectivity index (χ1) is 7.31. The van der Waals surface area contributed by atoms with E-state index in [1.807, 2.05) is 0 Å². The summed E-state index contributed by atoms with van der Waals surface area (Å²) in [6.45, 7) is 3.43. The molecule has 2 fully saturated rings. The molecule has 82 valence electrons. The van der Waals surface area contributed by atoms with Crippen LogP contribution in [0.5, 0.6) is 0 Å². The number of carbonyl (C=O) groups is 1. The van der Waals surface area contributed by atoms with E-state index < -0.39 is 0 Å². The zero-order chi connectivity index (χ0) is 10.7. The Hall–Kier alpha value is -1.05. The lowest BCUT2D eigenvalue weighted by atomic mass is 10.0. The van der Waals surface area contributed by atoms with Crippen LogP contribution in [0, 0.1) is 0 Å². The molecule has 0 saturated heterocycles. The van der Waals surface area contributed by atoms with Gasteiger partial charge >= 0.3 is 5.97 Å². The second-order valence-electron chi connectivity index (χ2n) is 4.36. The van der Waals surface area contributed by atoms with Gasteiger partial charge in [0.15, 0.2) is 0 Å². The molecular weight excluding hydrogens is 188 g/mol. The number of allylic oxidation sites excluding steroid dienone is 1. The summed E-state index contributed by atoms with van der Waals surface area (Å²) < 4.78 is 5.37. The summed E-state index contributed by atoms with van der Waals surface area (Å²) in [5.74, 6) is -0.280. The van der Waals surface area contributed by atoms with Gasteiger partial charge in [0.05, 0.1) is 0 Å². The fourth-order valence-electron chi connectivity index (χ4n) is 2.66. The first kappa shape index (κ1) is 10.5. The number of carbonyl (C=O) groups excluding carboxylic acids is 1. The highest BCUT2D eigenvalue weighted by Crippen LogP contribution is 2.36. The fourth-order valence-corrected chi connectivity index (χ4v) is 2.66. The molecule has 0 N–H and O–H groups in total. The van der Waals surface area contributed by atoms with Gasteiger partial charge in [-0.05, 0) is 50.5 Å². The summed E-state index contributed by atoms with van der Waals surface area (Å²) in [6.07, 6.45) is 9.66. The Morgan fingerprint density at radius 1 is 1.27 bits per heavy atom.